The number of nitrogens with zero attached hydrogens (tertiary/aromatic N) is 2. The molecule has 0 unspecified atom stereocenters. The molecule has 0 aliphatic carbocycles. The second-order valence-corrected chi connectivity index (χ2v) is 6.39. The number of hydrogen-bond acceptors (Lipinski definition) is 4. The predicted octanol–water partition coefficient (Wildman–Crippen LogP) is 3.34. The summed E-state index contributed by atoms with van der Waals surface area (Å²) in [7, 11) is 0. The number of carbonyl (C=O) groups is 2. The van der Waals surface area contributed by atoms with Gasteiger partial charge in [-0.15, -0.1) is 0 Å². The van der Waals surface area contributed by atoms with Crippen molar-refractivity contribution in [3.8, 4) is 0 Å². The normalized spacial score (nSPS) is 18.0. The Labute approximate surface area is 149 Å². The van der Waals surface area contributed by atoms with Crippen LogP contribution in [-0.2, 0) is 9.59 Å². The first-order chi connectivity index (χ1) is 10.8. The van der Waals surface area contributed by atoms with Crippen molar-refractivity contribution in [3.05, 3.63) is 21.4 Å². The first kappa shape index (κ1) is 21.0. The van der Waals surface area contributed by atoms with E-state index in [1.807, 2.05) is 0 Å². The summed E-state index contributed by atoms with van der Waals surface area (Å²) in [5, 5.41) is 0. The zero-order chi connectivity index (χ0) is 18.7. The number of halogens is 8. The van der Waals surface area contributed by atoms with Gasteiger partial charge >= 0.3 is 12.4 Å². The zero-order valence-electron chi connectivity index (χ0n) is 11.7. The molecule has 0 spiro atoms. The Morgan fingerprint density at radius 3 is 1.17 bits per heavy atom. The van der Waals surface area contributed by atoms with E-state index in [2.05, 4.69) is 31.9 Å². The summed E-state index contributed by atoms with van der Waals surface area (Å²) in [6.45, 7) is 0.656. The third-order valence-electron chi connectivity index (χ3n) is 2.89. The van der Waals surface area contributed by atoms with Gasteiger partial charge in [0, 0.05) is 38.6 Å². The van der Waals surface area contributed by atoms with Crippen LogP contribution in [0.4, 0.5) is 26.3 Å². The van der Waals surface area contributed by atoms with Gasteiger partial charge < -0.3 is 9.80 Å². The fraction of sp³-hybridized carbons (Fsp3) is 0.500. The summed E-state index contributed by atoms with van der Waals surface area (Å²) in [6, 6.07) is 0. The fourth-order valence-electron chi connectivity index (χ4n) is 1.70. The second-order valence-electron chi connectivity index (χ2n) is 4.68. The molecule has 0 bridgehead atoms. The molecule has 0 amide bonds. The van der Waals surface area contributed by atoms with Gasteiger partial charge in [-0.1, -0.05) is 0 Å². The third-order valence-corrected chi connectivity index (χ3v) is 4.02. The van der Waals surface area contributed by atoms with Crippen LogP contribution in [0.15, 0.2) is 21.4 Å². The molecule has 1 saturated heterocycles. The molecule has 0 aromatic rings. The molecule has 1 fully saturated rings. The van der Waals surface area contributed by atoms with Crippen LogP contribution in [0.3, 0.4) is 0 Å². The fourth-order valence-corrected chi connectivity index (χ4v) is 2.73. The van der Waals surface area contributed by atoms with Gasteiger partial charge in [-0.3, -0.25) is 9.59 Å². The zero-order valence-corrected chi connectivity index (χ0v) is 14.9. The van der Waals surface area contributed by atoms with Crippen molar-refractivity contribution in [1.82, 2.24) is 9.80 Å². The number of hydrogen-bond donors (Lipinski definition) is 0. The lowest BCUT2D eigenvalue weighted by atomic mass is 10.3. The maximum absolute atomic E-state index is 12.2. The SMILES string of the molecule is O=C(C(Br)=CN1CCN(/C=C(/Br)C(=O)C(F)(F)F)CC1)C(F)(F)F. The van der Waals surface area contributed by atoms with Crippen molar-refractivity contribution in [3.63, 3.8) is 0 Å². The molecule has 1 aliphatic heterocycles. The number of ketones is 2. The molecular formula is C12H10Br2F6N2O2. The lowest BCUT2D eigenvalue weighted by Gasteiger charge is -2.33. The molecule has 1 rings (SSSR count). The van der Waals surface area contributed by atoms with Crippen LogP contribution in [-0.4, -0.2) is 59.9 Å². The topological polar surface area (TPSA) is 40.6 Å². The second kappa shape index (κ2) is 7.89. The van der Waals surface area contributed by atoms with Crippen molar-refractivity contribution in [1.29, 1.82) is 0 Å². The molecule has 0 atom stereocenters. The van der Waals surface area contributed by atoms with Gasteiger partial charge in [0.15, 0.2) is 0 Å². The van der Waals surface area contributed by atoms with E-state index in [0.29, 0.717) is 0 Å². The molecular weight excluding hydrogens is 478 g/mol. The maximum atomic E-state index is 12.2. The lowest BCUT2D eigenvalue weighted by Crippen LogP contribution is -2.42. The van der Waals surface area contributed by atoms with Crippen LogP contribution >= 0.6 is 31.9 Å². The van der Waals surface area contributed by atoms with E-state index in [1.165, 1.54) is 9.80 Å². The highest BCUT2D eigenvalue weighted by Crippen LogP contribution is 2.26. The smallest absolute Gasteiger partial charge is 0.373 e. The maximum Gasteiger partial charge on any atom is 0.455 e. The van der Waals surface area contributed by atoms with Crippen LogP contribution in [0.25, 0.3) is 0 Å². The molecule has 1 heterocycles. The minimum atomic E-state index is -5.00. The molecule has 1 aliphatic rings. The summed E-state index contributed by atoms with van der Waals surface area (Å²) < 4.78 is 72.2. The number of piperazine rings is 1. The van der Waals surface area contributed by atoms with Gasteiger partial charge in [0.25, 0.3) is 11.6 Å². The quantitative estimate of drug-likeness (QED) is 0.450. The van der Waals surface area contributed by atoms with Gasteiger partial charge in [0.2, 0.25) is 0 Å². The van der Waals surface area contributed by atoms with E-state index < -0.39 is 32.9 Å². The van der Waals surface area contributed by atoms with Gasteiger partial charge in [-0.25, -0.2) is 0 Å². The summed E-state index contributed by atoms with van der Waals surface area (Å²) in [5.74, 6) is -4.05. The van der Waals surface area contributed by atoms with E-state index in [-0.39, 0.29) is 26.2 Å². The Kier molecular flexibility index (Phi) is 6.91. The van der Waals surface area contributed by atoms with E-state index in [0.717, 1.165) is 12.4 Å². The van der Waals surface area contributed by atoms with Crippen LogP contribution in [0.5, 0.6) is 0 Å². The first-order valence-corrected chi connectivity index (χ1v) is 7.86. The average Bonchev–Trinajstić information content (AvgIpc) is 2.45. The Hall–Kier alpha value is -1.04. The molecule has 24 heavy (non-hydrogen) atoms. The molecule has 12 heteroatoms. The highest BCUT2D eigenvalue weighted by atomic mass is 79.9. The van der Waals surface area contributed by atoms with Crippen molar-refractivity contribution in [2.75, 3.05) is 26.2 Å². The van der Waals surface area contributed by atoms with E-state index in [1.54, 1.807) is 0 Å². The Morgan fingerprint density at radius 2 is 0.958 bits per heavy atom. The van der Waals surface area contributed by atoms with Crippen molar-refractivity contribution < 1.29 is 35.9 Å². The number of rotatable bonds is 4. The molecule has 0 aromatic carbocycles. The van der Waals surface area contributed by atoms with E-state index in [4.69, 9.17) is 0 Å². The largest absolute Gasteiger partial charge is 0.455 e. The number of allylic oxidation sites excluding steroid dienone is 2. The van der Waals surface area contributed by atoms with Crippen LogP contribution in [0.1, 0.15) is 0 Å². The van der Waals surface area contributed by atoms with Crippen molar-refractivity contribution >= 4 is 43.4 Å². The summed E-state index contributed by atoms with van der Waals surface area (Å²) in [6.07, 6.45) is -8.01. The van der Waals surface area contributed by atoms with Gasteiger partial charge in [0.05, 0.1) is 8.96 Å². The highest BCUT2D eigenvalue weighted by molar-refractivity contribution is 9.12. The first-order valence-electron chi connectivity index (χ1n) is 6.28. The van der Waals surface area contributed by atoms with E-state index >= 15 is 0 Å². The third kappa shape index (κ3) is 6.11. The summed E-state index contributed by atoms with van der Waals surface area (Å²) in [4.78, 5) is 24.8. The molecule has 0 N–H and O–H groups in total. The predicted molar refractivity (Wildman–Crippen MR) is 79.3 cm³/mol. The van der Waals surface area contributed by atoms with Gasteiger partial charge in [-0.05, 0) is 31.9 Å². The van der Waals surface area contributed by atoms with Crippen LogP contribution < -0.4 is 0 Å². The number of carbonyl (C=O) groups excluding carboxylic acids is 2. The lowest BCUT2D eigenvalue weighted by molar-refractivity contribution is -0.165. The average molecular weight is 488 g/mol. The van der Waals surface area contributed by atoms with Crippen molar-refractivity contribution in [2.45, 2.75) is 12.4 Å². The Morgan fingerprint density at radius 1 is 0.708 bits per heavy atom. The summed E-state index contributed by atoms with van der Waals surface area (Å²) >= 11 is 5.12. The van der Waals surface area contributed by atoms with Crippen LogP contribution in [0, 0.1) is 0 Å². The minimum Gasteiger partial charge on any atom is -0.373 e. The highest BCUT2D eigenvalue weighted by Gasteiger charge is 2.41. The molecule has 4 nitrogen and oxygen atoms in total. The van der Waals surface area contributed by atoms with Crippen LogP contribution in [0.2, 0.25) is 0 Å². The molecule has 136 valence electrons. The standard InChI is InChI=1S/C12H10Br2F6N2O2/c13-7(9(23)11(15,16)17)5-21-1-2-22(4-3-21)6-8(14)10(24)12(18,19)20/h5-6H,1-4H2/b7-5+,8-6?. The minimum absolute atomic E-state index is 0.164. The molecule has 0 aromatic heterocycles. The molecule has 0 saturated carbocycles. The Bertz CT molecular complexity index is 513. The van der Waals surface area contributed by atoms with Gasteiger partial charge in [-0.2, -0.15) is 26.3 Å². The monoisotopic (exact) mass is 486 g/mol. The van der Waals surface area contributed by atoms with E-state index in [9.17, 15) is 35.9 Å². The number of Topliss-reactive ketones (excluding diaryl/α,β-unsaturated/α-hetero) is 2. The summed E-state index contributed by atoms with van der Waals surface area (Å²) in [5.41, 5.74) is 0. The van der Waals surface area contributed by atoms with Crippen molar-refractivity contribution in [2.24, 2.45) is 0 Å². The molecule has 0 radical (unpaired) electrons. The number of alkyl halides is 6. The van der Waals surface area contributed by atoms with Gasteiger partial charge in [0.1, 0.15) is 0 Å². The Balaban J connectivity index is 2.65.